The number of nitrogens with zero attached hydrogens (tertiary/aromatic N) is 1. The van der Waals surface area contributed by atoms with Crippen LogP contribution < -0.4 is 15.2 Å². The average Bonchev–Trinajstić information content (AvgIpc) is 2.77. The van der Waals surface area contributed by atoms with Crippen LogP contribution in [0.5, 0.6) is 5.75 Å². The Kier molecular flexibility index (Phi) is 5.20. The third-order valence-electron chi connectivity index (χ3n) is 4.36. The molecule has 0 bridgehead atoms. The first kappa shape index (κ1) is 17.6. The van der Waals surface area contributed by atoms with Crippen LogP contribution in [-0.4, -0.2) is 12.5 Å². The zero-order valence-electron chi connectivity index (χ0n) is 15.3. The summed E-state index contributed by atoms with van der Waals surface area (Å²) in [5.41, 5.74) is 4.66. The van der Waals surface area contributed by atoms with Gasteiger partial charge in [-0.15, -0.1) is 0 Å². The zero-order valence-corrected chi connectivity index (χ0v) is 15.3. The predicted octanol–water partition coefficient (Wildman–Crippen LogP) is 5.09. The molecular formula is C24H20N2O2. The third kappa shape index (κ3) is 4.13. The summed E-state index contributed by atoms with van der Waals surface area (Å²) in [6.07, 6.45) is 0. The molecule has 4 nitrogen and oxygen atoms in total. The number of ether oxygens (including phenoxy) is 1. The SMILES string of the molecule is O=C(COc1ccc2ccccc2c1)NN(c1ccccc1)c1ccccc1. The summed E-state index contributed by atoms with van der Waals surface area (Å²) >= 11 is 0. The van der Waals surface area contributed by atoms with Crippen molar-refractivity contribution in [1.82, 2.24) is 5.43 Å². The largest absolute Gasteiger partial charge is 0.484 e. The minimum atomic E-state index is -0.235. The second-order valence-electron chi connectivity index (χ2n) is 6.34. The Morgan fingerprint density at radius 2 is 1.29 bits per heavy atom. The number of benzene rings is 4. The van der Waals surface area contributed by atoms with Gasteiger partial charge in [0.2, 0.25) is 0 Å². The second-order valence-corrected chi connectivity index (χ2v) is 6.34. The van der Waals surface area contributed by atoms with Gasteiger partial charge in [0.05, 0.1) is 11.4 Å². The van der Waals surface area contributed by atoms with E-state index in [1.54, 1.807) is 5.01 Å². The fourth-order valence-electron chi connectivity index (χ4n) is 3.00. The van der Waals surface area contributed by atoms with Gasteiger partial charge in [0, 0.05) is 0 Å². The van der Waals surface area contributed by atoms with E-state index in [4.69, 9.17) is 4.74 Å². The highest BCUT2D eigenvalue weighted by molar-refractivity contribution is 5.84. The molecule has 0 saturated carbocycles. The van der Waals surface area contributed by atoms with E-state index < -0.39 is 0 Å². The monoisotopic (exact) mass is 368 g/mol. The van der Waals surface area contributed by atoms with E-state index in [0.717, 1.165) is 22.1 Å². The standard InChI is InChI=1S/C24H20N2O2/c27-24(18-28-23-16-15-19-9-7-8-10-20(19)17-23)25-26(21-11-3-1-4-12-21)22-13-5-2-6-14-22/h1-17H,18H2,(H,25,27). The minimum Gasteiger partial charge on any atom is -0.484 e. The topological polar surface area (TPSA) is 41.6 Å². The van der Waals surface area contributed by atoms with Crippen LogP contribution in [0.1, 0.15) is 0 Å². The molecule has 4 aromatic rings. The van der Waals surface area contributed by atoms with Gasteiger partial charge in [-0.2, -0.15) is 0 Å². The molecule has 1 amide bonds. The van der Waals surface area contributed by atoms with Gasteiger partial charge in [-0.1, -0.05) is 66.7 Å². The van der Waals surface area contributed by atoms with Crippen molar-refractivity contribution in [2.24, 2.45) is 0 Å². The van der Waals surface area contributed by atoms with Gasteiger partial charge in [-0.05, 0) is 47.2 Å². The van der Waals surface area contributed by atoms with E-state index in [-0.39, 0.29) is 12.5 Å². The van der Waals surface area contributed by atoms with Crippen LogP contribution in [0, 0.1) is 0 Å². The lowest BCUT2D eigenvalue weighted by Crippen LogP contribution is -2.41. The van der Waals surface area contributed by atoms with Crippen molar-refractivity contribution in [2.75, 3.05) is 11.6 Å². The Labute approximate surface area is 164 Å². The molecule has 0 aliphatic carbocycles. The van der Waals surface area contributed by atoms with Crippen LogP contribution >= 0.6 is 0 Å². The van der Waals surface area contributed by atoms with Crippen LogP contribution in [0.15, 0.2) is 103 Å². The van der Waals surface area contributed by atoms with Gasteiger partial charge in [-0.3, -0.25) is 15.2 Å². The normalized spacial score (nSPS) is 10.4. The molecule has 0 radical (unpaired) electrons. The number of hydrogen-bond acceptors (Lipinski definition) is 3. The van der Waals surface area contributed by atoms with Gasteiger partial charge >= 0.3 is 0 Å². The Hall–Kier alpha value is -3.79. The summed E-state index contributed by atoms with van der Waals surface area (Å²) in [5.74, 6) is 0.431. The molecule has 4 aromatic carbocycles. The summed E-state index contributed by atoms with van der Waals surface area (Å²) in [6.45, 7) is -0.0749. The summed E-state index contributed by atoms with van der Waals surface area (Å²) in [5, 5.41) is 3.97. The van der Waals surface area contributed by atoms with Gasteiger partial charge in [0.25, 0.3) is 5.91 Å². The molecule has 4 heteroatoms. The number of para-hydroxylation sites is 2. The first-order chi connectivity index (χ1) is 13.8. The Balaban J connectivity index is 1.47. The molecule has 0 fully saturated rings. The number of nitrogens with one attached hydrogen (secondary N) is 1. The number of amides is 1. The number of hydrogen-bond donors (Lipinski definition) is 1. The van der Waals surface area contributed by atoms with E-state index in [0.29, 0.717) is 5.75 Å². The van der Waals surface area contributed by atoms with Crippen molar-refractivity contribution in [2.45, 2.75) is 0 Å². The van der Waals surface area contributed by atoms with Crippen molar-refractivity contribution in [3.05, 3.63) is 103 Å². The van der Waals surface area contributed by atoms with Crippen molar-refractivity contribution >= 4 is 28.1 Å². The number of hydrazine groups is 1. The summed E-state index contributed by atoms with van der Waals surface area (Å²) < 4.78 is 5.71. The molecule has 0 aliphatic heterocycles. The van der Waals surface area contributed by atoms with Gasteiger partial charge in [0.1, 0.15) is 5.75 Å². The smallest absolute Gasteiger partial charge is 0.276 e. The van der Waals surface area contributed by atoms with Crippen LogP contribution in [0.4, 0.5) is 11.4 Å². The maximum absolute atomic E-state index is 12.6. The van der Waals surface area contributed by atoms with Gasteiger partial charge in [-0.25, -0.2) is 0 Å². The lowest BCUT2D eigenvalue weighted by Gasteiger charge is -2.25. The average molecular weight is 368 g/mol. The quantitative estimate of drug-likeness (QED) is 0.482. The van der Waals surface area contributed by atoms with E-state index >= 15 is 0 Å². The van der Waals surface area contributed by atoms with Crippen molar-refractivity contribution in [1.29, 1.82) is 0 Å². The van der Waals surface area contributed by atoms with Crippen LogP contribution in [0.3, 0.4) is 0 Å². The lowest BCUT2D eigenvalue weighted by molar-refractivity contribution is -0.123. The van der Waals surface area contributed by atoms with Gasteiger partial charge < -0.3 is 4.74 Å². The summed E-state index contributed by atoms with van der Waals surface area (Å²) in [4.78, 5) is 12.6. The van der Waals surface area contributed by atoms with E-state index in [2.05, 4.69) is 5.43 Å². The molecule has 0 atom stereocenters. The molecule has 0 aromatic heterocycles. The molecule has 0 saturated heterocycles. The van der Waals surface area contributed by atoms with Gasteiger partial charge in [0.15, 0.2) is 6.61 Å². The minimum absolute atomic E-state index is 0.0749. The number of carbonyl (C=O) groups excluding carboxylic acids is 1. The molecule has 1 N–H and O–H groups in total. The fourth-order valence-corrected chi connectivity index (χ4v) is 3.00. The van der Waals surface area contributed by atoms with Crippen molar-refractivity contribution < 1.29 is 9.53 Å². The zero-order chi connectivity index (χ0) is 19.2. The highest BCUT2D eigenvalue weighted by Gasteiger charge is 2.13. The molecule has 0 spiro atoms. The molecule has 0 unspecified atom stereocenters. The first-order valence-corrected chi connectivity index (χ1v) is 9.11. The second kappa shape index (κ2) is 8.27. The number of anilines is 2. The Bertz CT molecular complexity index is 1030. The highest BCUT2D eigenvalue weighted by atomic mass is 16.5. The molecule has 0 aliphatic rings. The molecule has 4 rings (SSSR count). The Morgan fingerprint density at radius 3 is 1.93 bits per heavy atom. The Morgan fingerprint density at radius 1 is 0.714 bits per heavy atom. The number of carbonyl (C=O) groups is 1. The molecule has 28 heavy (non-hydrogen) atoms. The van der Waals surface area contributed by atoms with Crippen molar-refractivity contribution in [3.63, 3.8) is 0 Å². The summed E-state index contributed by atoms with van der Waals surface area (Å²) in [7, 11) is 0. The van der Waals surface area contributed by atoms with E-state index in [1.807, 2.05) is 103 Å². The molecular weight excluding hydrogens is 348 g/mol. The third-order valence-corrected chi connectivity index (χ3v) is 4.36. The maximum Gasteiger partial charge on any atom is 0.276 e. The lowest BCUT2D eigenvalue weighted by atomic mass is 10.1. The van der Waals surface area contributed by atoms with Crippen LogP contribution in [0.25, 0.3) is 10.8 Å². The van der Waals surface area contributed by atoms with E-state index in [9.17, 15) is 4.79 Å². The summed E-state index contributed by atoms with van der Waals surface area (Å²) in [6, 6.07) is 33.2. The van der Waals surface area contributed by atoms with Crippen LogP contribution in [-0.2, 0) is 4.79 Å². The predicted molar refractivity (Wildman–Crippen MR) is 113 cm³/mol. The first-order valence-electron chi connectivity index (χ1n) is 9.11. The fraction of sp³-hybridized carbons (Fsp3) is 0.0417. The molecule has 0 heterocycles. The highest BCUT2D eigenvalue weighted by Crippen LogP contribution is 2.23. The van der Waals surface area contributed by atoms with Crippen molar-refractivity contribution in [3.8, 4) is 5.75 Å². The maximum atomic E-state index is 12.6. The molecule has 138 valence electrons. The number of rotatable bonds is 6. The number of fused-ring (bicyclic) bond motifs is 1. The van der Waals surface area contributed by atoms with Crippen LogP contribution in [0.2, 0.25) is 0 Å². The van der Waals surface area contributed by atoms with E-state index in [1.165, 1.54) is 0 Å².